The van der Waals surface area contributed by atoms with Crippen LogP contribution in [-0.2, 0) is 6.54 Å². The van der Waals surface area contributed by atoms with Gasteiger partial charge in [0.25, 0.3) is 0 Å². The highest BCUT2D eigenvalue weighted by Crippen LogP contribution is 2.23. The summed E-state index contributed by atoms with van der Waals surface area (Å²) in [5.74, 6) is 0.436. The summed E-state index contributed by atoms with van der Waals surface area (Å²) in [7, 11) is 0. The van der Waals surface area contributed by atoms with Gasteiger partial charge in [0.15, 0.2) is 0 Å². The van der Waals surface area contributed by atoms with E-state index in [-0.39, 0.29) is 0 Å². The number of aromatic nitrogens is 2. The number of para-hydroxylation sites is 1. The van der Waals surface area contributed by atoms with Crippen molar-refractivity contribution in [3.05, 3.63) is 59.2 Å². The summed E-state index contributed by atoms with van der Waals surface area (Å²) in [5, 5.41) is 9.13. The first-order valence-corrected chi connectivity index (χ1v) is 6.40. The summed E-state index contributed by atoms with van der Waals surface area (Å²) in [6.45, 7) is 2.73. The van der Waals surface area contributed by atoms with Crippen LogP contribution in [0.3, 0.4) is 0 Å². The van der Waals surface area contributed by atoms with Crippen molar-refractivity contribution < 1.29 is 0 Å². The van der Waals surface area contributed by atoms with Gasteiger partial charge in [-0.15, -0.1) is 0 Å². The molecule has 0 aliphatic carbocycles. The lowest BCUT2D eigenvalue weighted by molar-refractivity contribution is 0.832. The number of rotatable bonds is 2. The molecule has 0 radical (unpaired) electrons. The fraction of sp³-hybridized carbons (Fsp3) is 0.125. The van der Waals surface area contributed by atoms with Crippen molar-refractivity contribution in [3.8, 4) is 6.07 Å². The van der Waals surface area contributed by atoms with Crippen molar-refractivity contribution in [1.29, 1.82) is 5.26 Å². The maximum Gasteiger partial charge on any atom is 0.201 e. The molecular formula is C16H14N4. The monoisotopic (exact) mass is 262 g/mol. The van der Waals surface area contributed by atoms with Gasteiger partial charge < -0.3 is 10.3 Å². The molecular weight excluding hydrogens is 248 g/mol. The third kappa shape index (κ3) is 1.90. The van der Waals surface area contributed by atoms with Crippen molar-refractivity contribution in [2.75, 3.05) is 5.73 Å². The topological polar surface area (TPSA) is 67.6 Å². The number of nitrogens with two attached hydrogens (primary N) is 1. The summed E-state index contributed by atoms with van der Waals surface area (Å²) in [4.78, 5) is 4.33. The van der Waals surface area contributed by atoms with Crippen LogP contribution in [0.25, 0.3) is 11.0 Å². The molecule has 0 unspecified atom stereocenters. The average Bonchev–Trinajstić information content (AvgIpc) is 2.77. The first-order chi connectivity index (χ1) is 9.70. The van der Waals surface area contributed by atoms with E-state index in [2.05, 4.69) is 30.1 Å². The van der Waals surface area contributed by atoms with E-state index >= 15 is 0 Å². The number of hydrogen-bond donors (Lipinski definition) is 1. The third-order valence-electron chi connectivity index (χ3n) is 3.52. The van der Waals surface area contributed by atoms with Crippen LogP contribution in [0.5, 0.6) is 0 Å². The number of nitrogen functional groups attached to an aromatic ring is 1. The molecule has 98 valence electrons. The Bertz CT molecular complexity index is 824. The highest BCUT2D eigenvalue weighted by molar-refractivity contribution is 5.84. The molecule has 20 heavy (non-hydrogen) atoms. The Morgan fingerprint density at radius 3 is 2.75 bits per heavy atom. The van der Waals surface area contributed by atoms with E-state index in [1.165, 1.54) is 11.1 Å². The van der Waals surface area contributed by atoms with Crippen LogP contribution < -0.4 is 5.73 Å². The lowest BCUT2D eigenvalue weighted by Crippen LogP contribution is -2.05. The zero-order chi connectivity index (χ0) is 14.1. The number of fused-ring (bicyclic) bond motifs is 1. The molecule has 4 nitrogen and oxygen atoms in total. The third-order valence-corrected chi connectivity index (χ3v) is 3.52. The molecule has 0 fully saturated rings. The van der Waals surface area contributed by atoms with Crippen molar-refractivity contribution >= 4 is 17.0 Å². The maximum atomic E-state index is 9.13. The summed E-state index contributed by atoms with van der Waals surface area (Å²) >= 11 is 0. The molecule has 0 aliphatic heterocycles. The van der Waals surface area contributed by atoms with Gasteiger partial charge in [-0.25, -0.2) is 4.98 Å². The second-order valence-electron chi connectivity index (χ2n) is 4.77. The Morgan fingerprint density at radius 1 is 1.20 bits per heavy atom. The highest BCUT2D eigenvalue weighted by atomic mass is 15.1. The van der Waals surface area contributed by atoms with E-state index < -0.39 is 0 Å². The van der Waals surface area contributed by atoms with Gasteiger partial charge in [-0.2, -0.15) is 5.26 Å². The quantitative estimate of drug-likeness (QED) is 0.772. The van der Waals surface area contributed by atoms with Crippen molar-refractivity contribution in [2.24, 2.45) is 0 Å². The number of benzene rings is 2. The number of hydrogen-bond acceptors (Lipinski definition) is 3. The van der Waals surface area contributed by atoms with Crippen LogP contribution in [0.4, 0.5) is 5.95 Å². The minimum absolute atomic E-state index is 0.436. The normalized spacial score (nSPS) is 10.6. The SMILES string of the molecule is Cc1ccccc1Cn1c(N)nc2c(C#N)cccc21. The fourth-order valence-electron chi connectivity index (χ4n) is 2.38. The van der Waals surface area contributed by atoms with E-state index in [1.54, 1.807) is 6.07 Å². The standard InChI is InChI=1S/C16H14N4/c1-11-5-2-3-6-13(11)10-20-14-8-4-7-12(9-17)15(14)19-16(20)18/h2-8H,10H2,1H3,(H2,18,19). The van der Waals surface area contributed by atoms with Gasteiger partial charge in [-0.3, -0.25) is 0 Å². The van der Waals surface area contributed by atoms with Crippen molar-refractivity contribution in [1.82, 2.24) is 9.55 Å². The number of nitrogens with zero attached hydrogens (tertiary/aromatic N) is 3. The Labute approximate surface area is 117 Å². The fourth-order valence-corrected chi connectivity index (χ4v) is 2.38. The van der Waals surface area contributed by atoms with Crippen molar-refractivity contribution in [3.63, 3.8) is 0 Å². The molecule has 0 saturated heterocycles. The molecule has 3 rings (SSSR count). The largest absolute Gasteiger partial charge is 0.369 e. The van der Waals surface area contributed by atoms with Gasteiger partial charge in [-0.1, -0.05) is 30.3 Å². The minimum atomic E-state index is 0.436. The molecule has 1 heterocycles. The Kier molecular flexibility index (Phi) is 2.88. The molecule has 1 aromatic heterocycles. The molecule has 0 saturated carbocycles. The van der Waals surface area contributed by atoms with Crippen LogP contribution in [0.1, 0.15) is 16.7 Å². The van der Waals surface area contributed by atoms with E-state index in [0.717, 1.165) is 5.52 Å². The zero-order valence-corrected chi connectivity index (χ0v) is 11.2. The van der Waals surface area contributed by atoms with Gasteiger partial charge in [0.05, 0.1) is 17.6 Å². The molecule has 0 atom stereocenters. The van der Waals surface area contributed by atoms with Crippen LogP contribution in [0, 0.1) is 18.3 Å². The number of nitriles is 1. The Hall–Kier alpha value is -2.80. The van der Waals surface area contributed by atoms with Crippen LogP contribution in [-0.4, -0.2) is 9.55 Å². The second kappa shape index (κ2) is 4.71. The summed E-state index contributed by atoms with van der Waals surface area (Å²) in [5.41, 5.74) is 10.5. The molecule has 0 spiro atoms. The van der Waals surface area contributed by atoms with Crippen LogP contribution in [0.2, 0.25) is 0 Å². The minimum Gasteiger partial charge on any atom is -0.369 e. The number of aryl methyl sites for hydroxylation is 1. The second-order valence-corrected chi connectivity index (χ2v) is 4.77. The Balaban J connectivity index is 2.16. The molecule has 0 aliphatic rings. The maximum absolute atomic E-state index is 9.13. The van der Waals surface area contributed by atoms with Crippen molar-refractivity contribution in [2.45, 2.75) is 13.5 Å². The Morgan fingerprint density at radius 2 is 2.00 bits per heavy atom. The predicted octanol–water partition coefficient (Wildman–Crippen LogP) is 2.85. The van der Waals surface area contributed by atoms with Crippen LogP contribution >= 0.6 is 0 Å². The van der Waals surface area contributed by atoms with E-state index in [1.807, 2.05) is 28.8 Å². The van der Waals surface area contributed by atoms with Gasteiger partial charge in [0.1, 0.15) is 11.6 Å². The lowest BCUT2D eigenvalue weighted by Gasteiger charge is -2.09. The van der Waals surface area contributed by atoms with E-state index in [9.17, 15) is 0 Å². The smallest absolute Gasteiger partial charge is 0.201 e. The zero-order valence-electron chi connectivity index (χ0n) is 11.2. The molecule has 0 amide bonds. The lowest BCUT2D eigenvalue weighted by atomic mass is 10.1. The number of imidazole rings is 1. The molecule has 2 aromatic carbocycles. The molecule has 0 bridgehead atoms. The van der Waals surface area contributed by atoms with Gasteiger partial charge >= 0.3 is 0 Å². The molecule has 2 N–H and O–H groups in total. The number of anilines is 1. The summed E-state index contributed by atoms with van der Waals surface area (Å²) in [6, 6.07) is 15.9. The predicted molar refractivity (Wildman–Crippen MR) is 79.1 cm³/mol. The summed E-state index contributed by atoms with van der Waals surface area (Å²) in [6.07, 6.45) is 0. The first-order valence-electron chi connectivity index (χ1n) is 6.40. The van der Waals surface area contributed by atoms with Gasteiger partial charge in [0, 0.05) is 0 Å². The molecule has 4 heteroatoms. The average molecular weight is 262 g/mol. The summed E-state index contributed by atoms with van der Waals surface area (Å²) < 4.78 is 1.94. The highest BCUT2D eigenvalue weighted by Gasteiger charge is 2.12. The first kappa shape index (κ1) is 12.2. The van der Waals surface area contributed by atoms with Gasteiger partial charge in [-0.05, 0) is 30.2 Å². The van der Waals surface area contributed by atoms with Gasteiger partial charge in [0.2, 0.25) is 5.95 Å². The molecule has 3 aromatic rings. The van der Waals surface area contributed by atoms with E-state index in [0.29, 0.717) is 23.6 Å². The van der Waals surface area contributed by atoms with E-state index in [4.69, 9.17) is 11.0 Å². The van der Waals surface area contributed by atoms with Crippen LogP contribution in [0.15, 0.2) is 42.5 Å².